The third-order valence-corrected chi connectivity index (χ3v) is 4.55. The number of aryl methyl sites for hydroxylation is 3. The lowest BCUT2D eigenvalue weighted by molar-refractivity contribution is -0.663. The van der Waals surface area contributed by atoms with Gasteiger partial charge >= 0.3 is 5.82 Å². The van der Waals surface area contributed by atoms with Crippen molar-refractivity contribution < 1.29 is 8.68 Å². The van der Waals surface area contributed by atoms with E-state index in [0.717, 1.165) is 33.6 Å². The Bertz CT molecular complexity index is 1000. The molecule has 0 radical (unpaired) electrons. The molecule has 0 bridgehead atoms. The van der Waals surface area contributed by atoms with E-state index in [9.17, 15) is 0 Å². The minimum absolute atomic E-state index is 0.0126. The van der Waals surface area contributed by atoms with Gasteiger partial charge in [0.15, 0.2) is 0 Å². The first kappa shape index (κ1) is 13.8. The minimum atomic E-state index is -2.18. The van der Waals surface area contributed by atoms with E-state index in [0.29, 0.717) is 5.56 Å². The maximum Gasteiger partial charge on any atom is 0.330 e. The van der Waals surface area contributed by atoms with Crippen molar-refractivity contribution in [3.63, 3.8) is 0 Å². The molecule has 1 heterocycles. The highest BCUT2D eigenvalue weighted by atomic mass is 15.0. The molecule has 0 unspecified atom stereocenters. The van der Waals surface area contributed by atoms with Crippen molar-refractivity contribution in [2.75, 3.05) is 0 Å². The van der Waals surface area contributed by atoms with E-state index in [1.807, 2.05) is 61.1 Å². The molecule has 0 spiro atoms. The fraction of sp³-hybridized carbons (Fsp3) is 0.304. The Kier molecular flexibility index (Phi) is 3.55. The second-order valence-corrected chi connectivity index (χ2v) is 7.61. The topological polar surface area (TPSA) is 16.8 Å². The molecule has 128 valence electrons. The SMILES string of the molecule is [2H]C([2H])([2H])c1cc(C)c(-c2ncc(C(C)(C)C)c[n+]2C)cc1-c1ccccc1. The third-order valence-electron chi connectivity index (χ3n) is 4.55. The number of nitrogens with zero attached hydrogens (tertiary/aromatic N) is 2. The van der Waals surface area contributed by atoms with Crippen LogP contribution >= 0.6 is 0 Å². The first-order valence-electron chi connectivity index (χ1n) is 10.1. The first-order valence-corrected chi connectivity index (χ1v) is 8.55. The van der Waals surface area contributed by atoms with Crippen LogP contribution in [0.4, 0.5) is 0 Å². The number of aromatic nitrogens is 2. The molecule has 2 nitrogen and oxygen atoms in total. The molecule has 2 aromatic carbocycles. The van der Waals surface area contributed by atoms with Crippen molar-refractivity contribution in [2.24, 2.45) is 7.05 Å². The Labute approximate surface area is 155 Å². The fourth-order valence-corrected chi connectivity index (χ4v) is 2.98. The number of rotatable bonds is 2. The average Bonchev–Trinajstić information content (AvgIpc) is 2.61. The van der Waals surface area contributed by atoms with E-state index in [2.05, 4.69) is 27.0 Å². The third kappa shape index (κ3) is 3.48. The summed E-state index contributed by atoms with van der Waals surface area (Å²) in [6.45, 7) is 6.24. The van der Waals surface area contributed by atoms with E-state index >= 15 is 0 Å². The van der Waals surface area contributed by atoms with Crippen molar-refractivity contribution in [1.82, 2.24) is 4.98 Å². The summed E-state index contributed by atoms with van der Waals surface area (Å²) in [4.78, 5) is 4.72. The molecule has 2 heteroatoms. The number of hydrogen-bond acceptors (Lipinski definition) is 1. The van der Waals surface area contributed by atoms with Crippen LogP contribution in [0.3, 0.4) is 0 Å². The predicted octanol–water partition coefficient (Wildman–Crippen LogP) is 5.15. The van der Waals surface area contributed by atoms with Crippen molar-refractivity contribution in [3.8, 4) is 22.5 Å². The molecule has 0 fully saturated rings. The highest BCUT2D eigenvalue weighted by Gasteiger charge is 2.22. The fourth-order valence-electron chi connectivity index (χ4n) is 2.98. The quantitative estimate of drug-likeness (QED) is 0.592. The number of hydrogen-bond donors (Lipinski definition) is 0. The van der Waals surface area contributed by atoms with E-state index in [1.54, 1.807) is 6.07 Å². The molecule has 0 N–H and O–H groups in total. The molecule has 25 heavy (non-hydrogen) atoms. The molecule has 0 aliphatic carbocycles. The van der Waals surface area contributed by atoms with Crippen molar-refractivity contribution in [1.29, 1.82) is 0 Å². The van der Waals surface area contributed by atoms with Gasteiger partial charge < -0.3 is 0 Å². The second-order valence-electron chi connectivity index (χ2n) is 7.61. The molecule has 0 amide bonds. The maximum absolute atomic E-state index is 7.99. The summed E-state index contributed by atoms with van der Waals surface area (Å²) in [6, 6.07) is 13.4. The average molecular weight is 335 g/mol. The molecule has 0 atom stereocenters. The summed E-state index contributed by atoms with van der Waals surface area (Å²) < 4.78 is 26.0. The summed E-state index contributed by atoms with van der Waals surface area (Å²) in [7, 11) is 1.98. The summed E-state index contributed by atoms with van der Waals surface area (Å²) in [5.41, 5.74) is 4.99. The summed E-state index contributed by atoms with van der Waals surface area (Å²) in [5.74, 6) is 0.819. The van der Waals surface area contributed by atoms with Crippen LogP contribution in [0.1, 0.15) is 41.6 Å². The monoisotopic (exact) mass is 334 g/mol. The van der Waals surface area contributed by atoms with E-state index < -0.39 is 6.85 Å². The van der Waals surface area contributed by atoms with E-state index in [4.69, 9.17) is 9.10 Å². The molecule has 1 aromatic heterocycles. The molecule has 0 aliphatic rings. The van der Waals surface area contributed by atoms with Crippen LogP contribution in [0.5, 0.6) is 0 Å². The van der Waals surface area contributed by atoms with Gasteiger partial charge in [0, 0.05) is 9.68 Å². The van der Waals surface area contributed by atoms with Crippen LogP contribution in [0.15, 0.2) is 54.9 Å². The van der Waals surface area contributed by atoms with Crippen LogP contribution < -0.4 is 4.57 Å². The maximum atomic E-state index is 7.99. The molecule has 0 saturated heterocycles. The summed E-state index contributed by atoms with van der Waals surface area (Å²) in [6.07, 6.45) is 4.01. The molecule has 3 rings (SSSR count). The van der Waals surface area contributed by atoms with Crippen LogP contribution in [0.25, 0.3) is 22.5 Å². The van der Waals surface area contributed by atoms with Crippen LogP contribution in [0, 0.1) is 13.8 Å². The Hall–Kier alpha value is -2.48. The van der Waals surface area contributed by atoms with Gasteiger partial charge in [0.05, 0.1) is 18.8 Å². The normalized spacial score (nSPS) is 13.9. The molecular formula is C23H27N2+. The molecular weight excluding hydrogens is 304 g/mol. The van der Waals surface area contributed by atoms with Gasteiger partial charge in [-0.05, 0) is 52.5 Å². The Balaban J connectivity index is 2.24. The largest absolute Gasteiger partial charge is 0.330 e. The van der Waals surface area contributed by atoms with Crippen LogP contribution in [-0.2, 0) is 12.5 Å². The highest BCUT2D eigenvalue weighted by Crippen LogP contribution is 2.30. The summed E-state index contributed by atoms with van der Waals surface area (Å²) in [5, 5.41) is 0. The highest BCUT2D eigenvalue weighted by molar-refractivity contribution is 5.74. The van der Waals surface area contributed by atoms with Crippen molar-refractivity contribution >= 4 is 0 Å². The van der Waals surface area contributed by atoms with Gasteiger partial charge in [-0.2, -0.15) is 0 Å². The standard InChI is InChI=1S/C23H27N2/c1-16-12-17(2)21(13-20(16)18-10-8-7-9-11-18)22-24-14-19(15-25(22)6)23(3,4)5/h7-15H,1-6H3/q+1/i1D3. The molecule has 3 aromatic rings. The van der Waals surface area contributed by atoms with Gasteiger partial charge in [0.2, 0.25) is 0 Å². The van der Waals surface area contributed by atoms with E-state index in [1.165, 1.54) is 0 Å². The minimum Gasteiger partial charge on any atom is -0.233 e. The first-order chi connectivity index (χ1) is 13.0. The molecule has 0 aliphatic heterocycles. The zero-order valence-corrected chi connectivity index (χ0v) is 15.6. The Morgan fingerprint density at radius 3 is 2.32 bits per heavy atom. The smallest absolute Gasteiger partial charge is 0.233 e. The zero-order chi connectivity index (χ0) is 20.7. The van der Waals surface area contributed by atoms with Gasteiger partial charge in [0.1, 0.15) is 6.20 Å². The molecule has 0 saturated carbocycles. The van der Waals surface area contributed by atoms with Gasteiger partial charge in [-0.1, -0.05) is 57.2 Å². The van der Waals surface area contributed by atoms with Crippen molar-refractivity contribution in [2.45, 2.75) is 40.0 Å². The lowest BCUT2D eigenvalue weighted by atomic mass is 9.89. The van der Waals surface area contributed by atoms with Gasteiger partial charge in [-0.25, -0.2) is 4.57 Å². The zero-order valence-electron chi connectivity index (χ0n) is 18.6. The van der Waals surface area contributed by atoms with Gasteiger partial charge in [-0.15, -0.1) is 0 Å². The Morgan fingerprint density at radius 2 is 1.72 bits per heavy atom. The van der Waals surface area contributed by atoms with Crippen molar-refractivity contribution in [3.05, 3.63) is 71.5 Å². The number of benzene rings is 2. The lowest BCUT2D eigenvalue weighted by Gasteiger charge is -2.17. The lowest BCUT2D eigenvalue weighted by Crippen LogP contribution is -2.34. The van der Waals surface area contributed by atoms with Crippen LogP contribution in [-0.4, -0.2) is 4.98 Å². The Morgan fingerprint density at radius 1 is 1.00 bits per heavy atom. The van der Waals surface area contributed by atoms with E-state index in [-0.39, 0.29) is 5.41 Å². The second kappa shape index (κ2) is 6.44. The predicted molar refractivity (Wildman–Crippen MR) is 104 cm³/mol. The van der Waals surface area contributed by atoms with Gasteiger partial charge in [0.25, 0.3) is 0 Å². The van der Waals surface area contributed by atoms with Crippen LogP contribution in [0.2, 0.25) is 0 Å². The summed E-state index contributed by atoms with van der Waals surface area (Å²) >= 11 is 0. The van der Waals surface area contributed by atoms with Gasteiger partial charge in [-0.3, -0.25) is 0 Å².